The minimum absolute atomic E-state index is 0.0132. The number of aliphatic hydroxyl groups excluding tert-OH is 1. The van der Waals surface area contributed by atoms with Crippen molar-refractivity contribution in [3.05, 3.63) is 58.7 Å². The van der Waals surface area contributed by atoms with Crippen molar-refractivity contribution in [3.8, 4) is 11.1 Å². The summed E-state index contributed by atoms with van der Waals surface area (Å²) in [5.41, 5.74) is 5.71. The minimum Gasteiger partial charge on any atom is -0.393 e. The fourth-order valence-electron chi connectivity index (χ4n) is 4.75. The molecule has 0 unspecified atom stereocenters. The Labute approximate surface area is 177 Å². The van der Waals surface area contributed by atoms with Gasteiger partial charge in [0, 0.05) is 29.8 Å². The molecule has 0 bridgehead atoms. The third-order valence-corrected chi connectivity index (χ3v) is 6.77. The second-order valence-corrected chi connectivity index (χ2v) is 9.04. The molecule has 0 spiro atoms. The zero-order chi connectivity index (χ0) is 20.8. The van der Waals surface area contributed by atoms with E-state index in [9.17, 15) is 14.7 Å². The topological polar surface area (TPSA) is 69.6 Å². The molecule has 5 rings (SSSR count). The van der Waals surface area contributed by atoms with Crippen molar-refractivity contribution in [1.29, 1.82) is 0 Å². The Balaban J connectivity index is 1.40. The highest BCUT2D eigenvalue weighted by atomic mass is 16.3. The van der Waals surface area contributed by atoms with Crippen LogP contribution in [0.15, 0.2) is 36.4 Å². The van der Waals surface area contributed by atoms with Crippen molar-refractivity contribution in [2.45, 2.75) is 70.2 Å². The number of nitrogens with one attached hydrogen (secondary N) is 1. The SMILES string of the molecule is Cc1ccc(C(=O)NC2CC2)cc1-c1ccc2c(c1)CN(C1CCC(O)CC1)C2=O. The molecule has 2 saturated carbocycles. The number of amides is 2. The van der Waals surface area contributed by atoms with E-state index < -0.39 is 0 Å². The molecule has 5 heteroatoms. The molecule has 0 saturated heterocycles. The quantitative estimate of drug-likeness (QED) is 0.814. The number of hydrogen-bond acceptors (Lipinski definition) is 3. The summed E-state index contributed by atoms with van der Waals surface area (Å²) >= 11 is 0. The number of carbonyl (C=O) groups excluding carboxylic acids is 2. The first-order chi connectivity index (χ1) is 14.5. The van der Waals surface area contributed by atoms with Crippen LogP contribution in [0.2, 0.25) is 0 Å². The highest BCUT2D eigenvalue weighted by Gasteiger charge is 2.34. The maximum atomic E-state index is 13.0. The first kappa shape index (κ1) is 19.3. The molecule has 3 aliphatic rings. The Hall–Kier alpha value is -2.66. The van der Waals surface area contributed by atoms with Gasteiger partial charge < -0.3 is 15.3 Å². The van der Waals surface area contributed by atoms with Gasteiger partial charge in [0.25, 0.3) is 11.8 Å². The number of carbonyl (C=O) groups is 2. The molecule has 0 aromatic heterocycles. The Kier molecular flexibility index (Phi) is 4.86. The van der Waals surface area contributed by atoms with E-state index in [0.29, 0.717) is 18.2 Å². The zero-order valence-corrected chi connectivity index (χ0v) is 17.4. The summed E-state index contributed by atoms with van der Waals surface area (Å²) in [6, 6.07) is 12.4. The second kappa shape index (κ2) is 7.55. The molecular weight excluding hydrogens is 376 g/mol. The Morgan fingerprint density at radius 1 is 1.00 bits per heavy atom. The van der Waals surface area contributed by atoms with Gasteiger partial charge in [0.15, 0.2) is 0 Å². The van der Waals surface area contributed by atoms with Crippen LogP contribution in [-0.4, -0.2) is 40.0 Å². The summed E-state index contributed by atoms with van der Waals surface area (Å²) in [5, 5.41) is 12.8. The predicted molar refractivity (Wildman–Crippen MR) is 115 cm³/mol. The normalized spacial score (nSPS) is 23.4. The van der Waals surface area contributed by atoms with E-state index in [2.05, 4.69) is 18.3 Å². The van der Waals surface area contributed by atoms with Crippen LogP contribution < -0.4 is 5.32 Å². The summed E-state index contributed by atoms with van der Waals surface area (Å²) in [6.45, 7) is 2.68. The number of benzene rings is 2. The molecule has 0 radical (unpaired) electrons. The predicted octanol–water partition coefficient (Wildman–Crippen LogP) is 3.81. The van der Waals surface area contributed by atoms with Gasteiger partial charge in [-0.05, 0) is 92.0 Å². The molecule has 1 heterocycles. The first-order valence-corrected chi connectivity index (χ1v) is 11.0. The molecule has 5 nitrogen and oxygen atoms in total. The van der Waals surface area contributed by atoms with Gasteiger partial charge in [-0.3, -0.25) is 9.59 Å². The molecule has 1 aliphatic heterocycles. The molecule has 2 N–H and O–H groups in total. The maximum absolute atomic E-state index is 13.0. The van der Waals surface area contributed by atoms with E-state index in [1.807, 2.05) is 35.2 Å². The lowest BCUT2D eigenvalue weighted by Crippen LogP contribution is -2.39. The van der Waals surface area contributed by atoms with Crippen molar-refractivity contribution in [2.24, 2.45) is 0 Å². The maximum Gasteiger partial charge on any atom is 0.254 e. The molecule has 30 heavy (non-hydrogen) atoms. The number of nitrogens with zero attached hydrogens (tertiary/aromatic N) is 1. The average molecular weight is 405 g/mol. The summed E-state index contributed by atoms with van der Waals surface area (Å²) in [6.07, 6.45) is 5.19. The van der Waals surface area contributed by atoms with Crippen molar-refractivity contribution in [3.63, 3.8) is 0 Å². The molecule has 2 aromatic carbocycles. The first-order valence-electron chi connectivity index (χ1n) is 11.0. The second-order valence-electron chi connectivity index (χ2n) is 9.04. The van der Waals surface area contributed by atoms with E-state index in [1.165, 1.54) is 0 Å². The van der Waals surface area contributed by atoms with Crippen LogP contribution in [0.5, 0.6) is 0 Å². The average Bonchev–Trinajstić information content (AvgIpc) is 3.50. The van der Waals surface area contributed by atoms with Gasteiger partial charge in [-0.1, -0.05) is 12.1 Å². The van der Waals surface area contributed by atoms with Crippen LogP contribution in [0.1, 0.15) is 70.4 Å². The third kappa shape index (κ3) is 3.63. The molecule has 156 valence electrons. The van der Waals surface area contributed by atoms with E-state index in [-0.39, 0.29) is 24.0 Å². The van der Waals surface area contributed by atoms with E-state index in [0.717, 1.165) is 66.3 Å². The van der Waals surface area contributed by atoms with Gasteiger partial charge in [-0.15, -0.1) is 0 Å². The van der Waals surface area contributed by atoms with Crippen molar-refractivity contribution >= 4 is 11.8 Å². The highest BCUT2D eigenvalue weighted by Crippen LogP contribution is 2.34. The lowest BCUT2D eigenvalue weighted by molar-refractivity contribution is 0.0519. The number of fused-ring (bicyclic) bond motifs is 1. The molecule has 0 atom stereocenters. The summed E-state index contributed by atoms with van der Waals surface area (Å²) in [5.74, 6) is 0.0907. The van der Waals surface area contributed by atoms with E-state index >= 15 is 0 Å². The number of aliphatic hydroxyl groups is 1. The smallest absolute Gasteiger partial charge is 0.254 e. The standard InChI is InChI=1S/C25H28N2O3/c1-15-2-3-17(24(29)26-19-5-6-19)13-23(15)16-4-11-22-18(12-16)14-27(25(22)30)20-7-9-21(28)10-8-20/h2-4,11-13,19-21,28H,5-10,14H2,1H3,(H,26,29). The number of rotatable bonds is 4. The molecule has 2 amide bonds. The summed E-state index contributed by atoms with van der Waals surface area (Å²) < 4.78 is 0. The minimum atomic E-state index is -0.222. The largest absolute Gasteiger partial charge is 0.393 e. The van der Waals surface area contributed by atoms with Gasteiger partial charge in [-0.25, -0.2) is 0 Å². The van der Waals surface area contributed by atoms with Gasteiger partial charge in [0.1, 0.15) is 0 Å². The molecule has 2 aliphatic carbocycles. The zero-order valence-electron chi connectivity index (χ0n) is 17.4. The van der Waals surface area contributed by atoms with Crippen LogP contribution >= 0.6 is 0 Å². The van der Waals surface area contributed by atoms with Crippen LogP contribution in [-0.2, 0) is 6.54 Å². The number of aryl methyl sites for hydroxylation is 1. The lowest BCUT2D eigenvalue weighted by Gasteiger charge is -2.32. The molecule has 2 fully saturated rings. The van der Waals surface area contributed by atoms with E-state index in [1.54, 1.807) is 0 Å². The summed E-state index contributed by atoms with van der Waals surface area (Å²) in [4.78, 5) is 27.4. The van der Waals surface area contributed by atoms with E-state index in [4.69, 9.17) is 0 Å². The van der Waals surface area contributed by atoms with Crippen molar-refractivity contribution in [2.75, 3.05) is 0 Å². The Morgan fingerprint density at radius 2 is 1.77 bits per heavy atom. The third-order valence-electron chi connectivity index (χ3n) is 6.77. The fourth-order valence-corrected chi connectivity index (χ4v) is 4.75. The van der Waals surface area contributed by atoms with Gasteiger partial charge in [-0.2, -0.15) is 0 Å². The van der Waals surface area contributed by atoms with Crippen LogP contribution in [0, 0.1) is 6.92 Å². The monoisotopic (exact) mass is 404 g/mol. The van der Waals surface area contributed by atoms with Crippen LogP contribution in [0.4, 0.5) is 0 Å². The lowest BCUT2D eigenvalue weighted by atomic mass is 9.92. The van der Waals surface area contributed by atoms with Crippen molar-refractivity contribution in [1.82, 2.24) is 10.2 Å². The van der Waals surface area contributed by atoms with Crippen LogP contribution in [0.25, 0.3) is 11.1 Å². The van der Waals surface area contributed by atoms with Gasteiger partial charge in [0.2, 0.25) is 0 Å². The molecular formula is C25H28N2O3. The fraction of sp³-hybridized carbons (Fsp3) is 0.440. The Morgan fingerprint density at radius 3 is 2.50 bits per heavy atom. The van der Waals surface area contributed by atoms with Crippen molar-refractivity contribution < 1.29 is 14.7 Å². The van der Waals surface area contributed by atoms with Gasteiger partial charge in [0.05, 0.1) is 6.10 Å². The molecule has 2 aromatic rings. The summed E-state index contributed by atoms with van der Waals surface area (Å²) in [7, 11) is 0. The van der Waals surface area contributed by atoms with Crippen LogP contribution in [0.3, 0.4) is 0 Å². The number of hydrogen-bond donors (Lipinski definition) is 2. The van der Waals surface area contributed by atoms with Gasteiger partial charge >= 0.3 is 0 Å². The Bertz CT molecular complexity index is 1000. The highest BCUT2D eigenvalue weighted by molar-refractivity contribution is 6.00.